The molecular weight excluding hydrogens is 430 g/mol. The molecular formula is C19H15Cl2F3N3O2+. The summed E-state index contributed by atoms with van der Waals surface area (Å²) in [6, 6.07) is 7.86. The number of carbonyl (C=O) groups is 1. The van der Waals surface area contributed by atoms with Gasteiger partial charge in [0.1, 0.15) is 17.6 Å². The van der Waals surface area contributed by atoms with Crippen molar-refractivity contribution in [2.24, 2.45) is 4.99 Å². The van der Waals surface area contributed by atoms with E-state index in [0.717, 1.165) is 12.4 Å². The number of benzene rings is 2. The lowest BCUT2D eigenvalue weighted by molar-refractivity contribution is -0.433. The lowest BCUT2D eigenvalue weighted by Gasteiger charge is -2.18. The molecule has 0 fully saturated rings. The van der Waals surface area contributed by atoms with E-state index in [0.29, 0.717) is 5.69 Å². The Balaban J connectivity index is 2.40. The van der Waals surface area contributed by atoms with E-state index in [2.05, 4.69) is 4.99 Å². The molecule has 1 unspecified atom stereocenters. The standard InChI is InChI=1S/C19H14Cl2F3N3O2/c20-13-6-12(7-14(21)8-13)16(19(22,23)24)3-1-11-2-4-17(27-10-26-9-25)15(5-11)18(28)29/h1-10,16H,(H,28,29)(H2,25,26,27)/p+1/b3-1+. The Morgan fingerprint density at radius 1 is 1.17 bits per heavy atom. The van der Waals surface area contributed by atoms with Crippen molar-refractivity contribution in [2.75, 3.05) is 0 Å². The lowest BCUT2D eigenvalue weighted by Crippen LogP contribution is -2.76. The number of hydrogen-bond acceptors (Lipinski definition) is 2. The van der Waals surface area contributed by atoms with Crippen molar-refractivity contribution >= 4 is 53.6 Å². The third-order valence-electron chi connectivity index (χ3n) is 3.80. The number of rotatable bonds is 7. The molecule has 0 heterocycles. The molecule has 0 aliphatic heterocycles. The Hall–Kier alpha value is -2.68. The van der Waals surface area contributed by atoms with E-state index >= 15 is 0 Å². The summed E-state index contributed by atoms with van der Waals surface area (Å²) < 4.78 is 40.6. The predicted octanol–water partition coefficient (Wildman–Crippen LogP) is 4.88. The molecule has 2 rings (SSSR count). The number of aliphatic imine (C=N–C) groups is 1. The maximum Gasteiger partial charge on any atom is 0.399 e. The van der Waals surface area contributed by atoms with E-state index in [9.17, 15) is 23.1 Å². The number of nitrogens with one attached hydrogen (secondary N) is 1. The Morgan fingerprint density at radius 3 is 2.38 bits per heavy atom. The summed E-state index contributed by atoms with van der Waals surface area (Å²) in [6.07, 6.45) is -0.463. The van der Waals surface area contributed by atoms with Crippen LogP contribution in [0.15, 0.2) is 47.5 Å². The van der Waals surface area contributed by atoms with Crippen molar-refractivity contribution in [3.05, 3.63) is 69.2 Å². The number of allylic oxidation sites excluding steroid dienone is 1. The van der Waals surface area contributed by atoms with Gasteiger partial charge in [-0.2, -0.15) is 18.2 Å². The second-order valence-corrected chi connectivity index (χ2v) is 6.70. The number of halogens is 5. The minimum Gasteiger partial charge on any atom is -0.477 e. The fourth-order valence-corrected chi connectivity index (χ4v) is 3.09. The number of quaternary nitrogens is 1. The van der Waals surface area contributed by atoms with Gasteiger partial charge in [-0.05, 0) is 41.5 Å². The van der Waals surface area contributed by atoms with Gasteiger partial charge in [-0.25, -0.2) is 4.79 Å². The molecule has 0 radical (unpaired) electrons. The van der Waals surface area contributed by atoms with Crippen LogP contribution in [-0.2, 0) is 0 Å². The topological polar surface area (TPSA) is 90.1 Å². The first-order valence-corrected chi connectivity index (χ1v) is 8.81. The van der Waals surface area contributed by atoms with Crippen LogP contribution in [0.2, 0.25) is 10.0 Å². The molecule has 0 aliphatic carbocycles. The first kappa shape index (κ1) is 22.6. The fourth-order valence-electron chi connectivity index (χ4n) is 2.55. The van der Waals surface area contributed by atoms with E-state index in [-0.39, 0.29) is 26.7 Å². The van der Waals surface area contributed by atoms with Gasteiger partial charge in [0.2, 0.25) is 0 Å². The summed E-state index contributed by atoms with van der Waals surface area (Å²) in [5.74, 6) is -3.22. The van der Waals surface area contributed by atoms with Gasteiger partial charge >= 0.3 is 12.1 Å². The van der Waals surface area contributed by atoms with E-state index in [1.165, 1.54) is 54.1 Å². The normalized spacial score (nSPS) is 13.1. The molecule has 0 aromatic heterocycles. The molecule has 0 saturated carbocycles. The number of alkyl halides is 3. The number of hydrogen-bond donors (Lipinski definition) is 3. The molecule has 2 aromatic carbocycles. The van der Waals surface area contributed by atoms with E-state index in [4.69, 9.17) is 28.6 Å². The highest BCUT2D eigenvalue weighted by molar-refractivity contribution is 6.34. The Labute approximate surface area is 174 Å². The molecule has 0 aliphatic rings. The second kappa shape index (κ2) is 9.69. The number of carboxylic acids is 1. The maximum absolute atomic E-state index is 13.5. The highest BCUT2D eigenvalue weighted by atomic mass is 35.5. The fraction of sp³-hybridized carbons (Fsp3) is 0.105. The van der Waals surface area contributed by atoms with Gasteiger partial charge < -0.3 is 5.11 Å². The quantitative estimate of drug-likeness (QED) is 0.322. The first-order valence-electron chi connectivity index (χ1n) is 8.05. The number of nitrogens with zero attached hydrogens (tertiary/aromatic N) is 1. The molecule has 29 heavy (non-hydrogen) atoms. The maximum atomic E-state index is 13.5. The van der Waals surface area contributed by atoms with Crippen molar-refractivity contribution in [2.45, 2.75) is 12.1 Å². The zero-order valence-electron chi connectivity index (χ0n) is 14.6. The monoisotopic (exact) mass is 444 g/mol. The summed E-state index contributed by atoms with van der Waals surface area (Å²) in [7, 11) is 0. The predicted molar refractivity (Wildman–Crippen MR) is 107 cm³/mol. The molecule has 0 saturated heterocycles. The second-order valence-electron chi connectivity index (χ2n) is 5.83. The van der Waals surface area contributed by atoms with Crippen molar-refractivity contribution in [3.8, 4) is 0 Å². The molecule has 10 heteroatoms. The van der Waals surface area contributed by atoms with Crippen molar-refractivity contribution in [1.82, 2.24) is 0 Å². The zero-order chi connectivity index (χ0) is 21.6. The average Bonchev–Trinajstić information content (AvgIpc) is 2.61. The average molecular weight is 445 g/mol. The van der Waals surface area contributed by atoms with Crippen molar-refractivity contribution in [3.63, 3.8) is 0 Å². The van der Waals surface area contributed by atoms with Crippen LogP contribution in [0.25, 0.3) is 6.08 Å². The van der Waals surface area contributed by atoms with E-state index in [1.807, 2.05) is 0 Å². The first-order chi connectivity index (χ1) is 13.6. The van der Waals surface area contributed by atoms with Gasteiger partial charge in [0.15, 0.2) is 6.34 Å². The molecule has 5 nitrogen and oxygen atoms in total. The minimum absolute atomic E-state index is 0.0785. The van der Waals surface area contributed by atoms with Crippen LogP contribution in [0.3, 0.4) is 0 Å². The van der Waals surface area contributed by atoms with E-state index in [1.54, 1.807) is 0 Å². The third-order valence-corrected chi connectivity index (χ3v) is 4.24. The van der Waals surface area contributed by atoms with Gasteiger partial charge in [-0.1, -0.05) is 35.4 Å². The third kappa shape index (κ3) is 6.42. The van der Waals surface area contributed by atoms with Crippen LogP contribution < -0.4 is 5.32 Å². The van der Waals surface area contributed by atoms with Gasteiger partial charge in [-0.3, -0.25) is 10.7 Å². The van der Waals surface area contributed by atoms with Crippen molar-refractivity contribution in [1.29, 1.82) is 5.41 Å². The summed E-state index contributed by atoms with van der Waals surface area (Å²) in [5, 5.41) is 17.7. The SMILES string of the molecule is N=CN=C[NH2+]c1ccc(/C=C/C(c2cc(Cl)cc(Cl)c2)C(F)(F)F)cc1C(=O)O. The van der Waals surface area contributed by atoms with Crippen LogP contribution >= 0.6 is 23.2 Å². The molecule has 0 bridgehead atoms. The minimum atomic E-state index is -4.60. The molecule has 152 valence electrons. The number of nitrogens with two attached hydrogens (primary N) is 1. The van der Waals surface area contributed by atoms with Crippen LogP contribution in [-0.4, -0.2) is 29.9 Å². The Bertz CT molecular complexity index is 955. The van der Waals surface area contributed by atoms with Crippen LogP contribution in [0.1, 0.15) is 27.4 Å². The highest BCUT2D eigenvalue weighted by Gasteiger charge is 2.39. The number of carboxylic acid groups (broad SMARTS) is 1. The largest absolute Gasteiger partial charge is 0.477 e. The number of aromatic carboxylic acids is 1. The molecule has 2 aromatic rings. The molecule has 1 atom stereocenters. The zero-order valence-corrected chi connectivity index (χ0v) is 16.1. The lowest BCUT2D eigenvalue weighted by atomic mass is 9.96. The summed E-state index contributed by atoms with van der Waals surface area (Å²) in [4.78, 5) is 15.0. The van der Waals surface area contributed by atoms with Gasteiger partial charge in [0.25, 0.3) is 0 Å². The summed E-state index contributed by atoms with van der Waals surface area (Å²) >= 11 is 11.6. The van der Waals surface area contributed by atoms with Gasteiger partial charge in [0.05, 0.1) is 5.92 Å². The van der Waals surface area contributed by atoms with Crippen LogP contribution in [0.5, 0.6) is 0 Å². The smallest absolute Gasteiger partial charge is 0.399 e. The Kier molecular flexibility index (Phi) is 7.55. The van der Waals surface area contributed by atoms with Crippen LogP contribution in [0.4, 0.5) is 18.9 Å². The molecule has 4 N–H and O–H groups in total. The molecule has 0 amide bonds. The molecule has 0 spiro atoms. The van der Waals surface area contributed by atoms with Gasteiger partial charge in [0, 0.05) is 16.1 Å². The van der Waals surface area contributed by atoms with E-state index < -0.39 is 18.1 Å². The van der Waals surface area contributed by atoms with Gasteiger partial charge in [-0.15, -0.1) is 0 Å². The Morgan fingerprint density at radius 2 is 1.83 bits per heavy atom. The van der Waals surface area contributed by atoms with Crippen LogP contribution in [0, 0.1) is 5.41 Å². The highest BCUT2D eigenvalue weighted by Crippen LogP contribution is 2.38. The summed E-state index contributed by atoms with van der Waals surface area (Å²) in [6.45, 7) is 0. The summed E-state index contributed by atoms with van der Waals surface area (Å²) in [5.41, 5.74) is 0.329. The van der Waals surface area contributed by atoms with Crippen molar-refractivity contribution < 1.29 is 28.4 Å².